The van der Waals surface area contributed by atoms with E-state index in [0.29, 0.717) is 36.2 Å². The van der Waals surface area contributed by atoms with Crippen molar-refractivity contribution in [1.29, 1.82) is 0 Å². The van der Waals surface area contributed by atoms with E-state index >= 15 is 0 Å². The zero-order valence-corrected chi connectivity index (χ0v) is 22.4. The molecule has 12 atom stereocenters. The van der Waals surface area contributed by atoms with Crippen LogP contribution < -0.4 is 0 Å². The van der Waals surface area contributed by atoms with E-state index in [1.54, 1.807) is 0 Å². The molecule has 194 valence electrons. The van der Waals surface area contributed by atoms with Gasteiger partial charge in [-0.1, -0.05) is 27.7 Å². The predicted molar refractivity (Wildman–Crippen MR) is 133 cm³/mol. The third-order valence-corrected chi connectivity index (χ3v) is 14.4. The van der Waals surface area contributed by atoms with Crippen LogP contribution in [0.1, 0.15) is 98.8 Å². The zero-order valence-electron chi connectivity index (χ0n) is 22.4. The van der Waals surface area contributed by atoms with Gasteiger partial charge in [0, 0.05) is 12.0 Å². The molecule has 1 saturated heterocycles. The largest absolute Gasteiger partial charge is 0.396 e. The van der Waals surface area contributed by atoms with Crippen molar-refractivity contribution in [2.45, 2.75) is 111 Å². The van der Waals surface area contributed by atoms with Gasteiger partial charge < -0.3 is 20.1 Å². The maximum Gasteiger partial charge on any atom is 0.0919 e. The van der Waals surface area contributed by atoms with Crippen molar-refractivity contribution in [3.63, 3.8) is 0 Å². The smallest absolute Gasteiger partial charge is 0.0919 e. The Labute approximate surface area is 207 Å². The molecule has 3 N–H and O–H groups in total. The molecule has 6 unspecified atom stereocenters. The minimum absolute atomic E-state index is 0.0453. The van der Waals surface area contributed by atoms with Crippen LogP contribution in [-0.2, 0) is 4.74 Å². The fraction of sp³-hybridized carbons (Fsp3) is 1.00. The van der Waals surface area contributed by atoms with Crippen LogP contribution in [-0.4, -0.2) is 46.8 Å². The summed E-state index contributed by atoms with van der Waals surface area (Å²) in [5.74, 6) is 2.89. The van der Waals surface area contributed by atoms with E-state index in [1.165, 1.54) is 44.9 Å². The SMILES string of the molecule is CC1(C2CC[C@]3(CO)CC[C@]4(C)C(CCC5[C@@]6(C)CC[C@H](O)[C@@](C)(CO)C6CC[C@]54C)C23)CO1. The molecule has 0 aromatic carbocycles. The van der Waals surface area contributed by atoms with Crippen molar-refractivity contribution < 1.29 is 20.1 Å². The highest BCUT2D eigenvalue weighted by Gasteiger charge is 2.72. The molecule has 5 aliphatic carbocycles. The van der Waals surface area contributed by atoms with Crippen LogP contribution >= 0.6 is 0 Å². The topological polar surface area (TPSA) is 73.2 Å². The molecular weight excluding hydrogens is 424 g/mol. The van der Waals surface area contributed by atoms with Crippen LogP contribution in [0.4, 0.5) is 0 Å². The Balaban J connectivity index is 1.39. The summed E-state index contributed by atoms with van der Waals surface area (Å²) >= 11 is 0. The van der Waals surface area contributed by atoms with Crippen molar-refractivity contribution in [3.05, 3.63) is 0 Å². The first kappa shape index (κ1) is 24.2. The molecule has 0 aromatic heterocycles. The monoisotopic (exact) mass is 474 g/mol. The van der Waals surface area contributed by atoms with Gasteiger partial charge in [-0.3, -0.25) is 0 Å². The molecule has 4 nitrogen and oxygen atoms in total. The van der Waals surface area contributed by atoms with E-state index in [-0.39, 0.29) is 45.4 Å². The molecule has 0 spiro atoms. The molecular formula is C30H50O4. The quantitative estimate of drug-likeness (QED) is 0.493. The van der Waals surface area contributed by atoms with E-state index in [0.717, 1.165) is 25.9 Å². The fourth-order valence-electron chi connectivity index (χ4n) is 12.0. The van der Waals surface area contributed by atoms with Gasteiger partial charge in [-0.25, -0.2) is 0 Å². The highest BCUT2D eigenvalue weighted by Crippen LogP contribution is 2.78. The Morgan fingerprint density at radius 1 is 0.706 bits per heavy atom. The summed E-state index contributed by atoms with van der Waals surface area (Å²) in [4.78, 5) is 0. The van der Waals surface area contributed by atoms with Crippen LogP contribution in [0, 0.1) is 56.7 Å². The Hall–Kier alpha value is -0.160. The van der Waals surface area contributed by atoms with Crippen molar-refractivity contribution in [2.24, 2.45) is 56.7 Å². The number of ether oxygens (including phenoxy) is 1. The van der Waals surface area contributed by atoms with Crippen LogP contribution in [0.2, 0.25) is 0 Å². The average molecular weight is 475 g/mol. The molecule has 0 bridgehead atoms. The number of epoxide rings is 1. The number of hydrogen-bond acceptors (Lipinski definition) is 4. The Morgan fingerprint density at radius 3 is 2.09 bits per heavy atom. The third kappa shape index (κ3) is 2.70. The molecule has 6 aliphatic rings. The Kier molecular flexibility index (Phi) is 5.15. The lowest BCUT2D eigenvalue weighted by Gasteiger charge is -2.73. The molecule has 0 radical (unpaired) electrons. The van der Waals surface area contributed by atoms with Gasteiger partial charge in [0.2, 0.25) is 0 Å². The minimum Gasteiger partial charge on any atom is -0.396 e. The summed E-state index contributed by atoms with van der Waals surface area (Å²) in [5.41, 5.74) is 0.526. The number of fused-ring (bicyclic) bond motifs is 7. The first-order valence-corrected chi connectivity index (χ1v) is 14.5. The van der Waals surface area contributed by atoms with Gasteiger partial charge in [-0.2, -0.15) is 0 Å². The number of aliphatic hydroxyl groups excluding tert-OH is 3. The predicted octanol–water partition coefficient (Wildman–Crippen LogP) is 5.18. The summed E-state index contributed by atoms with van der Waals surface area (Å²) in [5, 5.41) is 32.1. The first-order chi connectivity index (χ1) is 15.9. The van der Waals surface area contributed by atoms with Gasteiger partial charge in [0.1, 0.15) is 0 Å². The molecule has 5 saturated carbocycles. The molecule has 1 aliphatic heterocycles. The lowest BCUT2D eigenvalue weighted by Crippen LogP contribution is -2.67. The second-order valence-corrected chi connectivity index (χ2v) is 15.2. The van der Waals surface area contributed by atoms with Gasteiger partial charge >= 0.3 is 0 Å². The molecule has 0 amide bonds. The molecule has 34 heavy (non-hydrogen) atoms. The van der Waals surface area contributed by atoms with E-state index in [4.69, 9.17) is 4.74 Å². The fourth-order valence-corrected chi connectivity index (χ4v) is 12.0. The number of aliphatic hydroxyl groups is 3. The first-order valence-electron chi connectivity index (χ1n) is 14.5. The number of hydrogen-bond donors (Lipinski definition) is 3. The second kappa shape index (κ2) is 7.23. The van der Waals surface area contributed by atoms with Crippen molar-refractivity contribution in [2.75, 3.05) is 19.8 Å². The van der Waals surface area contributed by atoms with E-state index < -0.39 is 0 Å². The van der Waals surface area contributed by atoms with Crippen molar-refractivity contribution in [3.8, 4) is 0 Å². The van der Waals surface area contributed by atoms with Gasteiger partial charge in [0.05, 0.1) is 24.9 Å². The lowest BCUT2D eigenvalue weighted by molar-refractivity contribution is -0.257. The molecule has 4 heteroatoms. The summed E-state index contributed by atoms with van der Waals surface area (Å²) in [7, 11) is 0. The summed E-state index contributed by atoms with van der Waals surface area (Å²) in [6.07, 6.45) is 11.2. The molecule has 6 fully saturated rings. The Bertz CT molecular complexity index is 840. The van der Waals surface area contributed by atoms with Crippen LogP contribution in [0.15, 0.2) is 0 Å². The van der Waals surface area contributed by atoms with Crippen LogP contribution in [0.5, 0.6) is 0 Å². The summed E-state index contributed by atoms with van der Waals surface area (Å²) in [6, 6.07) is 0. The number of rotatable bonds is 3. The van der Waals surface area contributed by atoms with Gasteiger partial charge in [0.15, 0.2) is 0 Å². The average Bonchev–Trinajstić information content (AvgIpc) is 3.43. The summed E-state index contributed by atoms with van der Waals surface area (Å²) in [6.45, 7) is 13.6. The molecule has 1 heterocycles. The van der Waals surface area contributed by atoms with Crippen LogP contribution in [0.25, 0.3) is 0 Å². The van der Waals surface area contributed by atoms with E-state index in [1.807, 2.05) is 0 Å². The van der Waals surface area contributed by atoms with Gasteiger partial charge in [0.25, 0.3) is 0 Å². The highest BCUT2D eigenvalue weighted by molar-refractivity contribution is 5.21. The molecule has 6 rings (SSSR count). The van der Waals surface area contributed by atoms with Crippen LogP contribution in [0.3, 0.4) is 0 Å². The molecule has 0 aromatic rings. The normalized spacial score (nSPS) is 62.8. The van der Waals surface area contributed by atoms with Crippen molar-refractivity contribution >= 4 is 0 Å². The lowest BCUT2D eigenvalue weighted by atomic mass is 9.32. The standard InChI is InChI=1S/C30H50O4/c1-25-11-10-23(33)26(2,16-31)21(25)9-12-28(4)22(25)7-6-19-24-20(29(5)18-34-29)8-13-30(24,17-32)15-14-27(19,28)3/h19-24,31-33H,6-18H2,1-5H3/t19?,20?,21?,22?,23-,24?,25-,26-,27+,28+,29?,30+/m0/s1. The van der Waals surface area contributed by atoms with Gasteiger partial charge in [-0.05, 0) is 122 Å². The zero-order chi connectivity index (χ0) is 24.4. The Morgan fingerprint density at radius 2 is 1.44 bits per heavy atom. The maximum atomic E-state index is 11.0. The maximum absolute atomic E-state index is 11.0. The van der Waals surface area contributed by atoms with E-state index in [2.05, 4.69) is 34.6 Å². The van der Waals surface area contributed by atoms with E-state index in [9.17, 15) is 15.3 Å². The summed E-state index contributed by atoms with van der Waals surface area (Å²) < 4.78 is 6.07. The van der Waals surface area contributed by atoms with Crippen molar-refractivity contribution in [1.82, 2.24) is 0 Å². The minimum atomic E-state index is -0.384. The third-order valence-electron chi connectivity index (χ3n) is 14.4. The second-order valence-electron chi connectivity index (χ2n) is 15.2. The highest BCUT2D eigenvalue weighted by atomic mass is 16.6. The van der Waals surface area contributed by atoms with Gasteiger partial charge in [-0.15, -0.1) is 0 Å².